The maximum atomic E-state index is 12.5. The molecule has 0 spiro atoms. The summed E-state index contributed by atoms with van der Waals surface area (Å²) in [5.41, 5.74) is 0.881. The van der Waals surface area contributed by atoms with Gasteiger partial charge in [0, 0.05) is 22.4 Å². The van der Waals surface area contributed by atoms with E-state index in [1.807, 2.05) is 19.2 Å². The summed E-state index contributed by atoms with van der Waals surface area (Å²) < 4.78 is 4.97. The maximum Gasteiger partial charge on any atom is 0.230 e. The van der Waals surface area contributed by atoms with Crippen molar-refractivity contribution < 1.29 is 4.79 Å². The highest BCUT2D eigenvalue weighted by Gasteiger charge is 2.17. The molecule has 1 aromatic carbocycles. The van der Waals surface area contributed by atoms with E-state index in [9.17, 15) is 4.79 Å². The number of nitrogens with one attached hydrogen (secondary N) is 1. The molecule has 2 heterocycles. The summed E-state index contributed by atoms with van der Waals surface area (Å²) in [7, 11) is 0. The van der Waals surface area contributed by atoms with E-state index in [1.54, 1.807) is 33.9 Å². The molecule has 3 aromatic rings. The van der Waals surface area contributed by atoms with E-state index in [2.05, 4.69) is 47.4 Å². The second-order valence-corrected chi connectivity index (χ2v) is 8.64. The number of hydrogen-bond donors (Lipinski definition) is 1. The smallest absolute Gasteiger partial charge is 0.230 e. The van der Waals surface area contributed by atoms with E-state index in [1.165, 1.54) is 0 Å². The van der Waals surface area contributed by atoms with Gasteiger partial charge >= 0.3 is 0 Å². The van der Waals surface area contributed by atoms with Crippen LogP contribution in [0, 0.1) is 5.92 Å². The van der Waals surface area contributed by atoms with Crippen LogP contribution < -0.4 is 5.32 Å². The molecule has 0 aliphatic carbocycles. The van der Waals surface area contributed by atoms with Gasteiger partial charge in [0.2, 0.25) is 5.91 Å². The Balaban J connectivity index is 1.66. The molecule has 0 bridgehead atoms. The van der Waals surface area contributed by atoms with Gasteiger partial charge in [0.15, 0.2) is 5.82 Å². The van der Waals surface area contributed by atoms with Crippen LogP contribution in [0.5, 0.6) is 0 Å². The normalized spacial score (nSPS) is 12.2. The Labute approximate surface area is 183 Å². The van der Waals surface area contributed by atoms with Crippen molar-refractivity contribution in [1.82, 2.24) is 19.6 Å². The Morgan fingerprint density at radius 1 is 1.26 bits per heavy atom. The van der Waals surface area contributed by atoms with Crippen molar-refractivity contribution in [1.29, 1.82) is 0 Å². The van der Waals surface area contributed by atoms with Gasteiger partial charge < -0.3 is 5.32 Å². The second-order valence-electron chi connectivity index (χ2n) is 6.03. The predicted molar refractivity (Wildman–Crippen MR) is 113 cm³/mol. The molecular formula is C17H15Br2Cl2N5O. The number of hydrogen-bond acceptors (Lipinski definition) is 3. The molecule has 0 fully saturated rings. The highest BCUT2D eigenvalue weighted by Crippen LogP contribution is 2.25. The summed E-state index contributed by atoms with van der Waals surface area (Å²) in [6, 6.07) is 5.32. The third-order valence-electron chi connectivity index (χ3n) is 3.82. The van der Waals surface area contributed by atoms with Crippen molar-refractivity contribution in [2.24, 2.45) is 5.92 Å². The number of anilines is 1. The standard InChI is InChI=1S/C17H15Br2Cl2N5O/c1-10(6-25-8-12(18)5-22-25)17(27)23-16-14(19)9-26(24-16)7-11-2-3-13(20)4-15(11)21/h2-5,8-10H,6-7H2,1H3,(H,23,24,27). The number of benzene rings is 1. The average Bonchev–Trinajstić information content (AvgIpc) is 3.15. The van der Waals surface area contributed by atoms with Crippen LogP contribution in [-0.2, 0) is 17.9 Å². The van der Waals surface area contributed by atoms with Gasteiger partial charge in [-0.2, -0.15) is 10.2 Å². The average molecular weight is 536 g/mol. The van der Waals surface area contributed by atoms with Gasteiger partial charge in [-0.25, -0.2) is 0 Å². The first kappa shape index (κ1) is 20.4. The number of nitrogens with zero attached hydrogens (tertiary/aromatic N) is 4. The molecule has 1 unspecified atom stereocenters. The summed E-state index contributed by atoms with van der Waals surface area (Å²) in [4.78, 5) is 12.5. The number of halogens is 4. The van der Waals surface area contributed by atoms with Gasteiger partial charge in [0.25, 0.3) is 0 Å². The quantitative estimate of drug-likeness (QED) is 0.470. The van der Waals surface area contributed by atoms with E-state index >= 15 is 0 Å². The Hall–Kier alpha value is -1.35. The van der Waals surface area contributed by atoms with E-state index in [-0.39, 0.29) is 11.8 Å². The fourth-order valence-corrected chi connectivity index (χ4v) is 3.64. The van der Waals surface area contributed by atoms with Gasteiger partial charge in [-0.1, -0.05) is 36.2 Å². The summed E-state index contributed by atoms with van der Waals surface area (Å²) in [5.74, 6) is 0.0373. The maximum absolute atomic E-state index is 12.5. The first-order valence-corrected chi connectivity index (χ1v) is 10.3. The number of carbonyl (C=O) groups is 1. The van der Waals surface area contributed by atoms with Crippen LogP contribution in [0.4, 0.5) is 5.82 Å². The Kier molecular flexibility index (Phi) is 6.62. The SMILES string of the molecule is CC(Cn1cc(Br)cn1)C(=O)Nc1nn(Cc2ccc(Cl)cc2Cl)cc1Br. The van der Waals surface area contributed by atoms with Crippen LogP contribution in [0.15, 0.2) is 45.7 Å². The summed E-state index contributed by atoms with van der Waals surface area (Å²) in [5, 5.41) is 12.6. The predicted octanol–water partition coefficient (Wildman–Crippen LogP) is 5.23. The molecule has 0 saturated heterocycles. The fraction of sp³-hybridized carbons (Fsp3) is 0.235. The zero-order valence-corrected chi connectivity index (χ0v) is 18.8. The summed E-state index contributed by atoms with van der Waals surface area (Å²) in [6.45, 7) is 2.76. The summed E-state index contributed by atoms with van der Waals surface area (Å²) >= 11 is 18.9. The lowest BCUT2D eigenvalue weighted by molar-refractivity contribution is -0.119. The fourth-order valence-electron chi connectivity index (χ4n) is 2.43. The van der Waals surface area contributed by atoms with Crippen molar-refractivity contribution in [3.63, 3.8) is 0 Å². The molecule has 10 heteroatoms. The molecule has 1 N–H and O–H groups in total. The monoisotopic (exact) mass is 533 g/mol. The zero-order chi connectivity index (χ0) is 19.6. The van der Waals surface area contributed by atoms with Crippen LogP contribution >= 0.6 is 55.1 Å². The van der Waals surface area contributed by atoms with Crippen molar-refractivity contribution in [3.05, 3.63) is 61.3 Å². The zero-order valence-electron chi connectivity index (χ0n) is 14.2. The Morgan fingerprint density at radius 3 is 2.70 bits per heavy atom. The number of aromatic nitrogens is 4. The lowest BCUT2D eigenvalue weighted by atomic mass is 10.1. The van der Waals surface area contributed by atoms with Crippen molar-refractivity contribution in [2.75, 3.05) is 5.32 Å². The Bertz CT molecular complexity index is 972. The molecule has 142 valence electrons. The van der Waals surface area contributed by atoms with Crippen LogP contribution in [0.3, 0.4) is 0 Å². The van der Waals surface area contributed by atoms with Gasteiger partial charge in [-0.15, -0.1) is 0 Å². The van der Waals surface area contributed by atoms with Crippen LogP contribution in [0.2, 0.25) is 10.0 Å². The van der Waals surface area contributed by atoms with Gasteiger partial charge in [-0.05, 0) is 49.6 Å². The van der Waals surface area contributed by atoms with Crippen molar-refractivity contribution in [3.8, 4) is 0 Å². The van der Waals surface area contributed by atoms with Gasteiger partial charge in [-0.3, -0.25) is 14.2 Å². The van der Waals surface area contributed by atoms with E-state index in [4.69, 9.17) is 23.2 Å². The third-order valence-corrected chi connectivity index (χ3v) is 5.39. The highest BCUT2D eigenvalue weighted by molar-refractivity contribution is 9.10. The molecule has 0 aliphatic rings. The molecule has 1 atom stereocenters. The topological polar surface area (TPSA) is 64.7 Å². The molecule has 0 saturated carbocycles. The Morgan fingerprint density at radius 2 is 2.04 bits per heavy atom. The molecule has 3 rings (SSSR count). The number of rotatable bonds is 6. The van der Waals surface area contributed by atoms with Crippen LogP contribution in [0.25, 0.3) is 0 Å². The van der Waals surface area contributed by atoms with Gasteiger partial charge in [0.1, 0.15) is 0 Å². The van der Waals surface area contributed by atoms with E-state index < -0.39 is 0 Å². The molecule has 6 nitrogen and oxygen atoms in total. The summed E-state index contributed by atoms with van der Waals surface area (Å²) in [6.07, 6.45) is 5.30. The highest BCUT2D eigenvalue weighted by atomic mass is 79.9. The second kappa shape index (κ2) is 8.77. The van der Waals surface area contributed by atoms with Crippen LogP contribution in [-0.4, -0.2) is 25.5 Å². The molecule has 0 aliphatic heterocycles. The first-order valence-electron chi connectivity index (χ1n) is 7.97. The van der Waals surface area contributed by atoms with Gasteiger partial charge in [0.05, 0.1) is 34.1 Å². The van der Waals surface area contributed by atoms with Crippen molar-refractivity contribution >= 4 is 66.8 Å². The third kappa shape index (κ3) is 5.34. The minimum absolute atomic E-state index is 0.142. The van der Waals surface area contributed by atoms with E-state index in [0.29, 0.717) is 33.4 Å². The molecular weight excluding hydrogens is 521 g/mol. The van der Waals surface area contributed by atoms with E-state index in [0.717, 1.165) is 10.0 Å². The lowest BCUT2D eigenvalue weighted by Gasteiger charge is -2.11. The first-order chi connectivity index (χ1) is 12.8. The number of carbonyl (C=O) groups excluding carboxylic acids is 1. The largest absolute Gasteiger partial charge is 0.308 e. The molecule has 0 radical (unpaired) electrons. The lowest BCUT2D eigenvalue weighted by Crippen LogP contribution is -2.25. The number of amides is 1. The minimum Gasteiger partial charge on any atom is -0.308 e. The van der Waals surface area contributed by atoms with Crippen molar-refractivity contribution in [2.45, 2.75) is 20.0 Å². The van der Waals surface area contributed by atoms with Crippen LogP contribution in [0.1, 0.15) is 12.5 Å². The molecule has 1 amide bonds. The molecule has 27 heavy (non-hydrogen) atoms. The molecule has 2 aromatic heterocycles. The minimum atomic E-state index is -0.278.